The number of unbranched alkanes of at least 4 members (excludes halogenated alkanes) is 3. The number of urea groups is 1. The van der Waals surface area contributed by atoms with Crippen LogP contribution < -0.4 is 4.90 Å². The molecule has 11 heteroatoms. The van der Waals surface area contributed by atoms with Crippen molar-refractivity contribution < 1.29 is 13.2 Å². The number of amides is 2. The van der Waals surface area contributed by atoms with Crippen molar-refractivity contribution in [2.75, 3.05) is 76.1 Å². The Morgan fingerprint density at radius 2 is 1.62 bits per heavy atom. The van der Waals surface area contributed by atoms with E-state index in [1.54, 1.807) is 17.3 Å². The zero-order chi connectivity index (χ0) is 26.6. The predicted octanol–water partition coefficient (Wildman–Crippen LogP) is 2.97. The Morgan fingerprint density at radius 1 is 0.973 bits per heavy atom. The minimum Gasteiger partial charge on any atom is -0.317 e. The first-order valence-corrected chi connectivity index (χ1v) is 15.4. The van der Waals surface area contributed by atoms with E-state index in [1.807, 2.05) is 22.8 Å². The van der Waals surface area contributed by atoms with Gasteiger partial charge >= 0.3 is 6.03 Å². The predicted molar refractivity (Wildman–Crippen MR) is 147 cm³/mol. The SMILES string of the molecule is CCS(=O)(=O)N1CCN(CCCCCCN2CCN3C(=O)N(c4ccc(C#N)c(Cl)c4C)CC3C2)CC1. The van der Waals surface area contributed by atoms with Crippen LogP contribution in [-0.4, -0.2) is 111 Å². The average Bonchev–Trinajstić information content (AvgIpc) is 3.23. The van der Waals surface area contributed by atoms with Crippen LogP contribution in [0.25, 0.3) is 0 Å². The summed E-state index contributed by atoms with van der Waals surface area (Å²) in [6.07, 6.45) is 4.66. The Morgan fingerprint density at radius 3 is 2.27 bits per heavy atom. The van der Waals surface area contributed by atoms with Gasteiger partial charge in [-0.05, 0) is 57.5 Å². The second-order valence-electron chi connectivity index (χ2n) is 10.3. The molecule has 3 fully saturated rings. The monoisotopic (exact) mass is 550 g/mol. The first-order chi connectivity index (χ1) is 17.7. The highest BCUT2D eigenvalue weighted by Gasteiger charge is 2.41. The molecule has 0 radical (unpaired) electrons. The molecule has 0 spiro atoms. The van der Waals surface area contributed by atoms with Crippen molar-refractivity contribution in [2.24, 2.45) is 0 Å². The van der Waals surface area contributed by atoms with Gasteiger partial charge in [-0.2, -0.15) is 9.57 Å². The summed E-state index contributed by atoms with van der Waals surface area (Å²) in [5.74, 6) is 0.184. The van der Waals surface area contributed by atoms with Gasteiger partial charge in [-0.25, -0.2) is 13.2 Å². The van der Waals surface area contributed by atoms with Gasteiger partial charge in [0.15, 0.2) is 0 Å². The fraction of sp³-hybridized carbons (Fsp3) is 0.692. The smallest absolute Gasteiger partial charge is 0.317 e. The molecule has 1 aromatic carbocycles. The summed E-state index contributed by atoms with van der Waals surface area (Å²) >= 11 is 6.36. The molecule has 0 N–H and O–H groups in total. The van der Waals surface area contributed by atoms with Gasteiger partial charge in [-0.1, -0.05) is 24.4 Å². The average molecular weight is 551 g/mol. The summed E-state index contributed by atoms with van der Waals surface area (Å²) in [6.45, 7) is 11.7. The van der Waals surface area contributed by atoms with E-state index in [1.165, 1.54) is 12.8 Å². The van der Waals surface area contributed by atoms with E-state index in [0.717, 1.165) is 69.9 Å². The third kappa shape index (κ3) is 6.40. The van der Waals surface area contributed by atoms with E-state index < -0.39 is 10.0 Å². The minimum absolute atomic E-state index is 0.0293. The number of sulfonamides is 1. The van der Waals surface area contributed by atoms with Crippen molar-refractivity contribution in [3.05, 3.63) is 28.3 Å². The molecule has 37 heavy (non-hydrogen) atoms. The van der Waals surface area contributed by atoms with Crippen molar-refractivity contribution >= 4 is 33.3 Å². The number of benzene rings is 1. The zero-order valence-electron chi connectivity index (χ0n) is 22.0. The van der Waals surface area contributed by atoms with E-state index in [4.69, 9.17) is 11.6 Å². The number of hydrogen-bond donors (Lipinski definition) is 0. The first kappa shape index (κ1) is 28.1. The van der Waals surface area contributed by atoms with Crippen LogP contribution in [0.3, 0.4) is 0 Å². The zero-order valence-corrected chi connectivity index (χ0v) is 23.6. The lowest BCUT2D eigenvalue weighted by molar-refractivity contribution is 0.119. The number of fused-ring (bicyclic) bond motifs is 1. The van der Waals surface area contributed by atoms with Gasteiger partial charge in [-0.3, -0.25) is 9.80 Å². The molecule has 1 atom stereocenters. The van der Waals surface area contributed by atoms with Crippen molar-refractivity contribution in [3.63, 3.8) is 0 Å². The number of carbonyl (C=O) groups is 1. The number of nitriles is 1. The maximum Gasteiger partial charge on any atom is 0.324 e. The molecule has 204 valence electrons. The number of halogens is 1. The first-order valence-electron chi connectivity index (χ1n) is 13.4. The van der Waals surface area contributed by atoms with E-state index in [0.29, 0.717) is 30.2 Å². The molecule has 1 aromatic rings. The van der Waals surface area contributed by atoms with Crippen LogP contribution >= 0.6 is 11.6 Å². The molecule has 9 nitrogen and oxygen atoms in total. The number of carbonyl (C=O) groups excluding carboxylic acids is 1. The van der Waals surface area contributed by atoms with Crippen molar-refractivity contribution in [2.45, 2.75) is 45.6 Å². The molecular formula is C26H39ClN6O3S. The van der Waals surface area contributed by atoms with Crippen LogP contribution in [0.2, 0.25) is 5.02 Å². The van der Waals surface area contributed by atoms with Crippen LogP contribution in [0.5, 0.6) is 0 Å². The molecule has 3 aliphatic heterocycles. The number of anilines is 1. The quantitative estimate of drug-likeness (QED) is 0.416. The molecule has 3 saturated heterocycles. The summed E-state index contributed by atoms with van der Waals surface area (Å²) in [4.78, 5) is 21.7. The van der Waals surface area contributed by atoms with Crippen LogP contribution in [0.4, 0.5) is 10.5 Å². The number of rotatable bonds is 10. The van der Waals surface area contributed by atoms with Crippen molar-refractivity contribution in [1.82, 2.24) is 19.0 Å². The van der Waals surface area contributed by atoms with E-state index in [2.05, 4.69) is 15.9 Å². The third-order valence-corrected chi connectivity index (χ3v) is 10.4. The standard InChI is InChI=1S/C26H39ClN6O3S/c1-3-37(35,36)31-15-12-29(13-16-31)10-6-4-5-7-11-30-14-17-32-23(19-30)20-33(26(32)34)24-9-8-22(18-28)25(27)21(24)2/h8-9,23H,3-7,10-17,19-20H2,1-2H3. The van der Waals surface area contributed by atoms with Gasteiger partial charge in [0.05, 0.1) is 22.4 Å². The molecule has 0 aromatic heterocycles. The lowest BCUT2D eigenvalue weighted by Gasteiger charge is -2.36. The molecule has 0 bridgehead atoms. The third-order valence-electron chi connectivity index (χ3n) is 7.99. The van der Waals surface area contributed by atoms with Gasteiger partial charge in [0, 0.05) is 58.0 Å². The second kappa shape index (κ2) is 12.3. The molecular weight excluding hydrogens is 512 g/mol. The number of nitrogens with zero attached hydrogens (tertiary/aromatic N) is 6. The fourth-order valence-electron chi connectivity index (χ4n) is 5.67. The molecule has 3 heterocycles. The molecule has 1 unspecified atom stereocenters. The summed E-state index contributed by atoms with van der Waals surface area (Å²) in [6, 6.07) is 5.83. The van der Waals surface area contributed by atoms with Crippen LogP contribution in [0, 0.1) is 18.3 Å². The van der Waals surface area contributed by atoms with Gasteiger partial charge < -0.3 is 9.80 Å². The minimum atomic E-state index is -3.06. The van der Waals surface area contributed by atoms with Gasteiger partial charge in [0.25, 0.3) is 0 Å². The van der Waals surface area contributed by atoms with Crippen molar-refractivity contribution in [3.8, 4) is 6.07 Å². The highest BCUT2D eigenvalue weighted by molar-refractivity contribution is 7.89. The number of piperazine rings is 2. The largest absolute Gasteiger partial charge is 0.324 e. The summed E-state index contributed by atoms with van der Waals surface area (Å²) in [5, 5.41) is 9.64. The molecule has 4 rings (SSSR count). The summed E-state index contributed by atoms with van der Waals surface area (Å²) in [5.41, 5.74) is 2.01. The van der Waals surface area contributed by atoms with Crippen molar-refractivity contribution in [1.29, 1.82) is 5.26 Å². The van der Waals surface area contributed by atoms with Gasteiger partial charge in [-0.15, -0.1) is 0 Å². The van der Waals surface area contributed by atoms with E-state index in [-0.39, 0.29) is 17.8 Å². The Bertz CT molecular complexity index is 1120. The summed E-state index contributed by atoms with van der Waals surface area (Å²) in [7, 11) is -3.06. The maximum atomic E-state index is 13.1. The second-order valence-corrected chi connectivity index (χ2v) is 12.9. The molecule has 2 amide bonds. The topological polar surface area (TPSA) is 91.2 Å². The van der Waals surface area contributed by atoms with Crippen LogP contribution in [0.15, 0.2) is 12.1 Å². The molecule has 0 saturated carbocycles. The lowest BCUT2D eigenvalue weighted by atomic mass is 10.1. The Hall–Kier alpha value is -1.90. The fourth-order valence-corrected chi connectivity index (χ4v) is 6.95. The van der Waals surface area contributed by atoms with E-state index >= 15 is 0 Å². The molecule has 3 aliphatic rings. The maximum absolute atomic E-state index is 13.1. The van der Waals surface area contributed by atoms with Gasteiger partial charge in [0.1, 0.15) is 6.07 Å². The van der Waals surface area contributed by atoms with Crippen LogP contribution in [-0.2, 0) is 10.0 Å². The Kier molecular flexibility index (Phi) is 9.35. The normalized spacial score (nSPS) is 21.9. The van der Waals surface area contributed by atoms with Crippen LogP contribution in [0.1, 0.15) is 43.7 Å². The van der Waals surface area contributed by atoms with E-state index in [9.17, 15) is 18.5 Å². The molecule has 0 aliphatic carbocycles. The summed E-state index contributed by atoms with van der Waals surface area (Å²) < 4.78 is 25.6. The Balaban J connectivity index is 1.15. The lowest BCUT2D eigenvalue weighted by Crippen LogP contribution is -2.52. The highest BCUT2D eigenvalue weighted by Crippen LogP contribution is 2.33. The van der Waals surface area contributed by atoms with Gasteiger partial charge in [0.2, 0.25) is 10.0 Å². The number of hydrogen-bond acceptors (Lipinski definition) is 6. The highest BCUT2D eigenvalue weighted by atomic mass is 35.5. The Labute approximate surface area is 226 Å².